The summed E-state index contributed by atoms with van der Waals surface area (Å²) in [5.41, 5.74) is 8.50. The van der Waals surface area contributed by atoms with Gasteiger partial charge in [0.2, 0.25) is 0 Å². The maximum Gasteiger partial charge on any atom is 0.100 e. The SMILES string of the molecule is N#Cc1ccc(NCC(O)c2ccc(N)cc2)cc1Br. The molecule has 0 heterocycles. The summed E-state index contributed by atoms with van der Waals surface area (Å²) in [7, 11) is 0. The summed E-state index contributed by atoms with van der Waals surface area (Å²) in [6, 6.07) is 14.6. The fourth-order valence-electron chi connectivity index (χ4n) is 1.77. The van der Waals surface area contributed by atoms with Crippen molar-refractivity contribution in [3.05, 3.63) is 58.1 Å². The van der Waals surface area contributed by atoms with Crippen LogP contribution in [-0.2, 0) is 0 Å². The van der Waals surface area contributed by atoms with E-state index in [4.69, 9.17) is 11.0 Å². The summed E-state index contributed by atoms with van der Waals surface area (Å²) in [6.45, 7) is 0.377. The number of halogens is 1. The second-order valence-corrected chi connectivity index (χ2v) is 5.22. The second kappa shape index (κ2) is 6.42. The van der Waals surface area contributed by atoms with Crippen LogP contribution < -0.4 is 11.1 Å². The van der Waals surface area contributed by atoms with E-state index in [9.17, 15) is 5.11 Å². The van der Waals surface area contributed by atoms with E-state index in [0.717, 1.165) is 15.7 Å². The van der Waals surface area contributed by atoms with Gasteiger partial charge in [0, 0.05) is 22.4 Å². The molecule has 0 radical (unpaired) electrons. The molecule has 0 saturated carbocycles. The summed E-state index contributed by atoms with van der Waals surface area (Å²) in [5.74, 6) is 0. The molecule has 5 heteroatoms. The number of aliphatic hydroxyl groups excluding tert-OH is 1. The van der Waals surface area contributed by atoms with Gasteiger partial charge in [0.05, 0.1) is 11.7 Å². The number of benzene rings is 2. The third-order valence-corrected chi connectivity index (χ3v) is 3.57. The van der Waals surface area contributed by atoms with E-state index >= 15 is 0 Å². The first-order valence-corrected chi connectivity index (χ1v) is 6.86. The van der Waals surface area contributed by atoms with Crippen LogP contribution >= 0.6 is 15.9 Å². The molecule has 0 fully saturated rings. The topological polar surface area (TPSA) is 82.1 Å². The summed E-state index contributed by atoms with van der Waals surface area (Å²) < 4.78 is 0.729. The average molecular weight is 332 g/mol. The molecule has 0 aliphatic rings. The lowest BCUT2D eigenvalue weighted by molar-refractivity contribution is 0.191. The van der Waals surface area contributed by atoms with Crippen molar-refractivity contribution in [2.24, 2.45) is 0 Å². The lowest BCUT2D eigenvalue weighted by atomic mass is 10.1. The van der Waals surface area contributed by atoms with E-state index in [0.29, 0.717) is 17.8 Å². The minimum atomic E-state index is -0.620. The van der Waals surface area contributed by atoms with Gasteiger partial charge in [-0.3, -0.25) is 0 Å². The molecule has 1 atom stereocenters. The Bertz CT molecular complexity index is 635. The highest BCUT2D eigenvalue weighted by molar-refractivity contribution is 9.10. The van der Waals surface area contributed by atoms with Gasteiger partial charge in [0.25, 0.3) is 0 Å². The fourth-order valence-corrected chi connectivity index (χ4v) is 2.23. The minimum Gasteiger partial charge on any atom is -0.399 e. The van der Waals surface area contributed by atoms with Crippen LogP contribution in [0.3, 0.4) is 0 Å². The third kappa shape index (κ3) is 3.50. The smallest absolute Gasteiger partial charge is 0.100 e. The number of hydrogen-bond acceptors (Lipinski definition) is 4. The Morgan fingerprint density at radius 2 is 1.95 bits per heavy atom. The van der Waals surface area contributed by atoms with Crippen LogP contribution in [0.4, 0.5) is 11.4 Å². The van der Waals surface area contributed by atoms with Crippen LogP contribution in [0.15, 0.2) is 46.9 Å². The van der Waals surface area contributed by atoms with E-state index < -0.39 is 6.10 Å². The number of nitrogens with two attached hydrogens (primary N) is 1. The van der Waals surface area contributed by atoms with E-state index in [1.165, 1.54) is 0 Å². The van der Waals surface area contributed by atoms with Crippen molar-refractivity contribution in [3.8, 4) is 6.07 Å². The molecule has 0 aromatic heterocycles. The molecule has 0 saturated heterocycles. The maximum atomic E-state index is 10.1. The largest absolute Gasteiger partial charge is 0.399 e. The van der Waals surface area contributed by atoms with Crippen molar-refractivity contribution in [1.82, 2.24) is 0 Å². The molecule has 0 bridgehead atoms. The van der Waals surface area contributed by atoms with Crippen molar-refractivity contribution in [2.75, 3.05) is 17.6 Å². The first kappa shape index (κ1) is 14.4. The molecule has 0 amide bonds. The van der Waals surface area contributed by atoms with Gasteiger partial charge in [-0.1, -0.05) is 12.1 Å². The Hall–Kier alpha value is -2.03. The number of rotatable bonds is 4. The molecule has 0 aliphatic heterocycles. The van der Waals surface area contributed by atoms with Gasteiger partial charge in [-0.05, 0) is 51.8 Å². The van der Waals surface area contributed by atoms with Crippen molar-refractivity contribution in [2.45, 2.75) is 6.10 Å². The number of nitrogens with one attached hydrogen (secondary N) is 1. The lowest BCUT2D eigenvalue weighted by Gasteiger charge is -2.13. The number of nitrogens with zero attached hydrogens (tertiary/aromatic N) is 1. The number of anilines is 2. The molecule has 102 valence electrons. The zero-order valence-electron chi connectivity index (χ0n) is 10.7. The van der Waals surface area contributed by atoms with E-state index in [-0.39, 0.29) is 0 Å². The molecule has 2 aromatic carbocycles. The van der Waals surface area contributed by atoms with Crippen molar-refractivity contribution in [1.29, 1.82) is 5.26 Å². The molecular formula is C15H14BrN3O. The number of nitriles is 1. The highest BCUT2D eigenvalue weighted by atomic mass is 79.9. The highest BCUT2D eigenvalue weighted by Crippen LogP contribution is 2.22. The van der Waals surface area contributed by atoms with Gasteiger partial charge in [0.15, 0.2) is 0 Å². The lowest BCUT2D eigenvalue weighted by Crippen LogP contribution is -2.12. The third-order valence-electron chi connectivity index (χ3n) is 2.91. The van der Waals surface area contributed by atoms with Gasteiger partial charge >= 0.3 is 0 Å². The van der Waals surface area contributed by atoms with Gasteiger partial charge in [0.1, 0.15) is 6.07 Å². The molecular weight excluding hydrogens is 318 g/mol. The predicted octanol–water partition coefficient (Wildman–Crippen LogP) is 3.05. The zero-order chi connectivity index (χ0) is 14.5. The summed E-state index contributed by atoms with van der Waals surface area (Å²) in [6.07, 6.45) is -0.620. The monoisotopic (exact) mass is 331 g/mol. The predicted molar refractivity (Wildman–Crippen MR) is 83.2 cm³/mol. The number of hydrogen-bond donors (Lipinski definition) is 3. The minimum absolute atomic E-state index is 0.377. The molecule has 2 aromatic rings. The Balaban J connectivity index is 2.00. The number of aliphatic hydroxyl groups is 1. The van der Waals surface area contributed by atoms with E-state index in [2.05, 4.69) is 27.3 Å². The summed E-state index contributed by atoms with van der Waals surface area (Å²) in [5, 5.41) is 22.1. The molecule has 20 heavy (non-hydrogen) atoms. The van der Waals surface area contributed by atoms with Gasteiger partial charge in [-0.25, -0.2) is 0 Å². The van der Waals surface area contributed by atoms with Crippen LogP contribution in [0.2, 0.25) is 0 Å². The van der Waals surface area contributed by atoms with Crippen molar-refractivity contribution < 1.29 is 5.11 Å². The fraction of sp³-hybridized carbons (Fsp3) is 0.133. The zero-order valence-corrected chi connectivity index (χ0v) is 12.3. The molecule has 0 spiro atoms. The Kier molecular flexibility index (Phi) is 4.61. The van der Waals surface area contributed by atoms with Crippen LogP contribution in [0.5, 0.6) is 0 Å². The normalized spacial score (nSPS) is 11.7. The van der Waals surface area contributed by atoms with Crippen LogP contribution in [0, 0.1) is 11.3 Å². The molecule has 4 nitrogen and oxygen atoms in total. The van der Waals surface area contributed by atoms with Crippen LogP contribution in [0.25, 0.3) is 0 Å². The van der Waals surface area contributed by atoms with E-state index in [1.807, 2.05) is 6.07 Å². The standard InChI is InChI=1S/C15H14BrN3O/c16-14-7-13(6-3-11(14)8-17)19-9-15(20)10-1-4-12(18)5-2-10/h1-7,15,19-20H,9,18H2. The molecule has 4 N–H and O–H groups in total. The van der Waals surface area contributed by atoms with Gasteiger partial charge < -0.3 is 16.2 Å². The Morgan fingerprint density at radius 1 is 1.25 bits per heavy atom. The molecule has 1 unspecified atom stereocenters. The number of nitrogen functional groups attached to an aromatic ring is 1. The molecule has 2 rings (SSSR count). The highest BCUT2D eigenvalue weighted by Gasteiger charge is 2.07. The quantitative estimate of drug-likeness (QED) is 0.752. The second-order valence-electron chi connectivity index (χ2n) is 4.37. The first-order chi connectivity index (χ1) is 9.60. The summed E-state index contributed by atoms with van der Waals surface area (Å²) in [4.78, 5) is 0. The van der Waals surface area contributed by atoms with Gasteiger partial charge in [-0.15, -0.1) is 0 Å². The van der Waals surface area contributed by atoms with Gasteiger partial charge in [-0.2, -0.15) is 5.26 Å². The Morgan fingerprint density at radius 3 is 2.55 bits per heavy atom. The Labute approximate surface area is 126 Å². The summed E-state index contributed by atoms with van der Waals surface area (Å²) >= 11 is 3.33. The van der Waals surface area contributed by atoms with Crippen molar-refractivity contribution in [3.63, 3.8) is 0 Å². The molecule has 0 aliphatic carbocycles. The van der Waals surface area contributed by atoms with E-state index in [1.54, 1.807) is 36.4 Å². The van der Waals surface area contributed by atoms with Crippen molar-refractivity contribution >= 4 is 27.3 Å². The average Bonchev–Trinajstić information content (AvgIpc) is 2.45. The van der Waals surface area contributed by atoms with Crippen LogP contribution in [-0.4, -0.2) is 11.7 Å². The maximum absolute atomic E-state index is 10.1. The van der Waals surface area contributed by atoms with Crippen LogP contribution in [0.1, 0.15) is 17.2 Å². The first-order valence-electron chi connectivity index (χ1n) is 6.07.